The van der Waals surface area contributed by atoms with Gasteiger partial charge >= 0.3 is 0 Å². The molecule has 0 aliphatic heterocycles. The first-order valence-corrected chi connectivity index (χ1v) is 8.81. The van der Waals surface area contributed by atoms with E-state index in [-0.39, 0.29) is 0 Å². The Balaban J connectivity index is 1.73. The van der Waals surface area contributed by atoms with Crippen LogP contribution >= 0.6 is 0 Å². The van der Waals surface area contributed by atoms with Crippen molar-refractivity contribution >= 4 is 5.69 Å². The van der Waals surface area contributed by atoms with E-state index >= 15 is 0 Å². The summed E-state index contributed by atoms with van der Waals surface area (Å²) < 4.78 is 12.9. The minimum atomic E-state index is 0.441. The maximum Gasteiger partial charge on any atom is 0.122 e. The fourth-order valence-electron chi connectivity index (χ4n) is 2.98. The first kappa shape index (κ1) is 18.4. The highest BCUT2D eigenvalue weighted by Gasteiger charge is 2.14. The quantitative estimate of drug-likeness (QED) is 0.692. The largest absolute Gasteiger partial charge is 0.497 e. The lowest BCUT2D eigenvalue weighted by atomic mass is 10.1. The number of hydrogen-bond acceptors (Lipinski definition) is 4. The second kappa shape index (κ2) is 8.33. The van der Waals surface area contributed by atoms with Crippen molar-refractivity contribution in [3.8, 4) is 17.6 Å². The summed E-state index contributed by atoms with van der Waals surface area (Å²) in [4.78, 5) is 0. The van der Waals surface area contributed by atoms with E-state index in [4.69, 9.17) is 15.2 Å². The number of benzene rings is 2. The van der Waals surface area contributed by atoms with Gasteiger partial charge in [-0.3, -0.25) is 0 Å². The summed E-state index contributed by atoms with van der Waals surface area (Å²) in [5.74, 6) is 1.54. The van der Waals surface area contributed by atoms with Gasteiger partial charge in [0.05, 0.1) is 19.3 Å². The fourth-order valence-corrected chi connectivity index (χ4v) is 2.98. The van der Waals surface area contributed by atoms with Crippen molar-refractivity contribution in [1.29, 1.82) is 5.26 Å². The van der Waals surface area contributed by atoms with Crippen LogP contribution < -0.4 is 15.2 Å². The summed E-state index contributed by atoms with van der Waals surface area (Å²) in [5.41, 5.74) is 10.7. The number of methoxy groups -OCH3 is 1. The third-order valence-corrected chi connectivity index (χ3v) is 4.49. The van der Waals surface area contributed by atoms with E-state index in [1.54, 1.807) is 13.2 Å². The minimum Gasteiger partial charge on any atom is -0.497 e. The maximum absolute atomic E-state index is 9.45. The van der Waals surface area contributed by atoms with Crippen LogP contribution in [0.25, 0.3) is 0 Å². The molecule has 1 aromatic heterocycles. The van der Waals surface area contributed by atoms with E-state index in [0.717, 1.165) is 22.8 Å². The van der Waals surface area contributed by atoms with Gasteiger partial charge in [-0.25, -0.2) is 0 Å². The molecule has 0 spiro atoms. The minimum absolute atomic E-state index is 0.441. The first-order chi connectivity index (χ1) is 13.1. The van der Waals surface area contributed by atoms with Gasteiger partial charge in [-0.05, 0) is 42.8 Å². The first-order valence-electron chi connectivity index (χ1n) is 8.81. The molecule has 3 rings (SSSR count). The Morgan fingerprint density at radius 2 is 1.70 bits per heavy atom. The third-order valence-electron chi connectivity index (χ3n) is 4.49. The van der Waals surface area contributed by atoms with Crippen LogP contribution in [0.2, 0.25) is 0 Å². The molecule has 2 N–H and O–H groups in total. The number of anilines is 1. The number of nitrogens with zero attached hydrogens (tertiary/aromatic N) is 2. The number of ether oxygens (including phenoxy) is 2. The summed E-state index contributed by atoms with van der Waals surface area (Å²) in [7, 11) is 1.63. The van der Waals surface area contributed by atoms with Gasteiger partial charge in [0.2, 0.25) is 0 Å². The molecule has 27 heavy (non-hydrogen) atoms. The Morgan fingerprint density at radius 3 is 2.33 bits per heavy atom. The lowest BCUT2D eigenvalue weighted by molar-refractivity contribution is 0.296. The van der Waals surface area contributed by atoms with Crippen molar-refractivity contribution in [2.75, 3.05) is 19.5 Å². The third kappa shape index (κ3) is 4.42. The van der Waals surface area contributed by atoms with Crippen molar-refractivity contribution in [3.63, 3.8) is 0 Å². The molecule has 3 aromatic rings. The number of aromatic nitrogens is 1. The summed E-state index contributed by atoms with van der Waals surface area (Å²) in [6.07, 6.45) is 0.677. The number of nitrogens with two attached hydrogens (primary N) is 1. The van der Waals surface area contributed by atoms with Crippen LogP contribution in [0, 0.1) is 18.3 Å². The second-order valence-electron chi connectivity index (χ2n) is 6.38. The summed E-state index contributed by atoms with van der Waals surface area (Å²) in [6.45, 7) is 3.05. The number of nitriles is 1. The smallest absolute Gasteiger partial charge is 0.122 e. The molecule has 0 aliphatic rings. The molecule has 2 aromatic carbocycles. The molecule has 0 amide bonds. The Morgan fingerprint density at radius 1 is 1.04 bits per heavy atom. The van der Waals surface area contributed by atoms with E-state index in [1.165, 1.54) is 5.56 Å². The van der Waals surface area contributed by atoms with Gasteiger partial charge in [0.15, 0.2) is 0 Å². The van der Waals surface area contributed by atoms with Crippen LogP contribution in [0.5, 0.6) is 11.5 Å². The average Bonchev–Trinajstić information content (AvgIpc) is 2.99. The van der Waals surface area contributed by atoms with E-state index < -0.39 is 0 Å². The van der Waals surface area contributed by atoms with E-state index in [0.29, 0.717) is 31.0 Å². The highest BCUT2D eigenvalue weighted by Crippen LogP contribution is 2.23. The van der Waals surface area contributed by atoms with Crippen LogP contribution in [0.15, 0.2) is 54.6 Å². The summed E-state index contributed by atoms with van der Waals surface area (Å²) in [6, 6.07) is 19.7. The zero-order valence-electron chi connectivity index (χ0n) is 15.6. The molecular weight excluding hydrogens is 338 g/mol. The predicted molar refractivity (Wildman–Crippen MR) is 106 cm³/mol. The Labute approximate surface area is 159 Å². The lowest BCUT2D eigenvalue weighted by Gasteiger charge is -2.13. The van der Waals surface area contributed by atoms with Crippen molar-refractivity contribution in [2.24, 2.45) is 0 Å². The molecule has 0 saturated carbocycles. The van der Waals surface area contributed by atoms with Crippen LogP contribution in [0.4, 0.5) is 5.69 Å². The second-order valence-corrected chi connectivity index (χ2v) is 6.38. The molecule has 0 unspecified atom stereocenters. The highest BCUT2D eigenvalue weighted by molar-refractivity contribution is 5.52. The molecule has 138 valence electrons. The molecule has 0 aliphatic carbocycles. The van der Waals surface area contributed by atoms with E-state index in [1.807, 2.05) is 28.8 Å². The molecular formula is C22H23N3O2. The predicted octanol–water partition coefficient (Wildman–Crippen LogP) is 3.93. The van der Waals surface area contributed by atoms with Gasteiger partial charge in [-0.1, -0.05) is 29.8 Å². The van der Waals surface area contributed by atoms with Gasteiger partial charge in [-0.15, -0.1) is 0 Å². The zero-order chi connectivity index (χ0) is 19.2. The molecule has 1 heterocycles. The van der Waals surface area contributed by atoms with Crippen molar-refractivity contribution in [2.45, 2.75) is 19.9 Å². The molecule has 5 heteroatoms. The molecule has 0 bridgehead atoms. The van der Waals surface area contributed by atoms with Gasteiger partial charge in [-0.2, -0.15) is 5.26 Å². The van der Waals surface area contributed by atoms with Gasteiger partial charge in [0.25, 0.3) is 0 Å². The van der Waals surface area contributed by atoms with Crippen LogP contribution in [0.3, 0.4) is 0 Å². The Kier molecular flexibility index (Phi) is 5.68. The molecule has 5 nitrogen and oxygen atoms in total. The van der Waals surface area contributed by atoms with Crippen molar-refractivity contribution < 1.29 is 9.47 Å². The van der Waals surface area contributed by atoms with Crippen LogP contribution in [-0.2, 0) is 13.0 Å². The lowest BCUT2D eigenvalue weighted by Crippen LogP contribution is -2.13. The average molecular weight is 361 g/mol. The summed E-state index contributed by atoms with van der Waals surface area (Å²) in [5, 5.41) is 9.45. The Hall–Kier alpha value is -3.39. The standard InChI is InChI=1S/C22H23N3O2/c1-16-3-5-17(6-4-16)13-22-21(24)14-18(15-23)25(22)11-12-27-20-9-7-19(26-2)8-10-20/h3-10,14H,11-13,24H2,1-2H3. The Bertz CT molecular complexity index is 935. The van der Waals surface area contributed by atoms with E-state index in [9.17, 15) is 5.26 Å². The van der Waals surface area contributed by atoms with Gasteiger partial charge < -0.3 is 19.8 Å². The number of rotatable bonds is 7. The van der Waals surface area contributed by atoms with Gasteiger partial charge in [0.1, 0.15) is 29.9 Å². The monoisotopic (exact) mass is 361 g/mol. The van der Waals surface area contributed by atoms with Crippen LogP contribution in [-0.4, -0.2) is 18.3 Å². The van der Waals surface area contributed by atoms with E-state index in [2.05, 4.69) is 37.3 Å². The zero-order valence-corrected chi connectivity index (χ0v) is 15.6. The molecule has 0 radical (unpaired) electrons. The maximum atomic E-state index is 9.45. The van der Waals surface area contributed by atoms with Crippen molar-refractivity contribution in [1.82, 2.24) is 4.57 Å². The normalized spacial score (nSPS) is 10.4. The number of hydrogen-bond donors (Lipinski definition) is 1. The molecule has 0 saturated heterocycles. The molecule has 0 atom stereocenters. The topological polar surface area (TPSA) is 73.2 Å². The summed E-state index contributed by atoms with van der Waals surface area (Å²) >= 11 is 0. The van der Waals surface area contributed by atoms with Crippen LogP contribution in [0.1, 0.15) is 22.5 Å². The fraction of sp³-hybridized carbons (Fsp3) is 0.227. The number of aryl methyl sites for hydroxylation is 1. The van der Waals surface area contributed by atoms with Crippen molar-refractivity contribution in [3.05, 3.63) is 77.1 Å². The molecule has 0 fully saturated rings. The SMILES string of the molecule is COc1ccc(OCCn2c(C#N)cc(N)c2Cc2ccc(C)cc2)cc1. The highest BCUT2D eigenvalue weighted by atomic mass is 16.5. The van der Waals surface area contributed by atoms with Gasteiger partial charge in [0, 0.05) is 12.1 Å². The number of nitrogen functional groups attached to an aromatic ring is 1.